The Balaban J connectivity index is 1.93. The molecule has 0 radical (unpaired) electrons. The van der Waals surface area contributed by atoms with Gasteiger partial charge in [-0.15, -0.1) is 0 Å². The van der Waals surface area contributed by atoms with Crippen molar-refractivity contribution in [3.05, 3.63) is 27.8 Å². The van der Waals surface area contributed by atoms with E-state index in [9.17, 15) is 20.0 Å². The van der Waals surface area contributed by atoms with Gasteiger partial charge in [0, 0.05) is 31.7 Å². The van der Waals surface area contributed by atoms with Crippen molar-refractivity contribution in [2.24, 2.45) is 5.92 Å². The highest BCUT2D eigenvalue weighted by atomic mass is 16.6. The molecule has 9 heteroatoms. The fourth-order valence-electron chi connectivity index (χ4n) is 4.10. The van der Waals surface area contributed by atoms with E-state index in [0.717, 1.165) is 25.7 Å². The van der Waals surface area contributed by atoms with Crippen LogP contribution < -0.4 is 15.5 Å². The molecule has 1 amide bonds. The summed E-state index contributed by atoms with van der Waals surface area (Å²) >= 11 is 0. The molecule has 1 aliphatic heterocycles. The number of carbonyl (C=O) groups excluding carboxylic acids is 1. The molecular weight excluding hydrogens is 400 g/mol. The molecule has 1 aliphatic carbocycles. The molecule has 2 fully saturated rings. The van der Waals surface area contributed by atoms with E-state index in [-0.39, 0.29) is 29.9 Å². The number of aliphatic hydroxyl groups is 1. The van der Waals surface area contributed by atoms with Crippen molar-refractivity contribution >= 4 is 23.0 Å². The molecule has 1 heterocycles. The van der Waals surface area contributed by atoms with Gasteiger partial charge in [0.1, 0.15) is 5.69 Å². The molecule has 1 saturated heterocycles. The van der Waals surface area contributed by atoms with Gasteiger partial charge in [0.25, 0.3) is 11.6 Å². The maximum Gasteiger partial charge on any atom is 0.293 e. The second-order valence-corrected chi connectivity index (χ2v) is 9.34. The van der Waals surface area contributed by atoms with Gasteiger partial charge >= 0.3 is 0 Å². The molecule has 172 valence electrons. The van der Waals surface area contributed by atoms with Crippen molar-refractivity contribution in [3.63, 3.8) is 0 Å². The van der Waals surface area contributed by atoms with Crippen LogP contribution in [-0.2, 0) is 4.74 Å². The summed E-state index contributed by atoms with van der Waals surface area (Å²) in [7, 11) is 0. The zero-order valence-electron chi connectivity index (χ0n) is 18.6. The molecule has 0 aromatic heterocycles. The van der Waals surface area contributed by atoms with Crippen LogP contribution in [0.5, 0.6) is 0 Å². The van der Waals surface area contributed by atoms with Gasteiger partial charge in [0.15, 0.2) is 0 Å². The highest BCUT2D eigenvalue weighted by Gasteiger charge is 2.28. The van der Waals surface area contributed by atoms with Crippen LogP contribution in [0.25, 0.3) is 0 Å². The van der Waals surface area contributed by atoms with Crippen molar-refractivity contribution < 1.29 is 19.6 Å². The minimum absolute atomic E-state index is 0.0910. The van der Waals surface area contributed by atoms with Crippen LogP contribution in [0.1, 0.15) is 56.8 Å². The molecule has 2 aliphatic rings. The summed E-state index contributed by atoms with van der Waals surface area (Å²) in [5.74, 6) is 0.387. The van der Waals surface area contributed by atoms with E-state index in [4.69, 9.17) is 4.74 Å². The molecule has 31 heavy (non-hydrogen) atoms. The lowest BCUT2D eigenvalue weighted by Gasteiger charge is -2.32. The minimum Gasteiger partial charge on any atom is -0.389 e. The molecule has 3 rings (SSSR count). The predicted molar refractivity (Wildman–Crippen MR) is 120 cm³/mol. The lowest BCUT2D eigenvalue weighted by Crippen LogP contribution is -2.40. The number of anilines is 2. The number of amides is 1. The van der Waals surface area contributed by atoms with Crippen LogP contribution in [0.4, 0.5) is 17.1 Å². The molecule has 9 nitrogen and oxygen atoms in total. The Labute approximate surface area is 183 Å². The molecular formula is C22H34N4O5. The SMILES string of the molecule is CC1CCC(NC(=O)c2cc([N+](=O)[O-])c(NCC(C)(C)O)cc2N2CCOCC2)CC1. The molecule has 1 aromatic rings. The van der Waals surface area contributed by atoms with Crippen LogP contribution in [0.2, 0.25) is 0 Å². The number of ether oxygens (including phenoxy) is 1. The normalized spacial score (nSPS) is 22.1. The number of morpholine rings is 1. The number of hydrogen-bond acceptors (Lipinski definition) is 7. The van der Waals surface area contributed by atoms with Gasteiger partial charge in [0.2, 0.25) is 0 Å². The van der Waals surface area contributed by atoms with Crippen molar-refractivity contribution in [2.45, 2.75) is 58.1 Å². The van der Waals surface area contributed by atoms with Crippen molar-refractivity contribution in [1.29, 1.82) is 0 Å². The maximum atomic E-state index is 13.2. The van der Waals surface area contributed by atoms with Crippen LogP contribution in [0, 0.1) is 16.0 Å². The fourth-order valence-corrected chi connectivity index (χ4v) is 4.10. The monoisotopic (exact) mass is 434 g/mol. The first-order valence-electron chi connectivity index (χ1n) is 11.1. The first kappa shape index (κ1) is 23.3. The van der Waals surface area contributed by atoms with Crippen molar-refractivity contribution in [1.82, 2.24) is 5.32 Å². The topological polar surface area (TPSA) is 117 Å². The van der Waals surface area contributed by atoms with Crippen LogP contribution in [0.3, 0.4) is 0 Å². The highest BCUT2D eigenvalue weighted by Crippen LogP contribution is 2.35. The predicted octanol–water partition coefficient (Wildman–Crippen LogP) is 2.92. The molecule has 0 atom stereocenters. The zero-order chi connectivity index (χ0) is 22.6. The quantitative estimate of drug-likeness (QED) is 0.446. The molecule has 0 bridgehead atoms. The first-order valence-corrected chi connectivity index (χ1v) is 11.1. The number of rotatable bonds is 7. The Hall–Kier alpha value is -2.39. The number of nitrogens with one attached hydrogen (secondary N) is 2. The number of benzene rings is 1. The maximum absolute atomic E-state index is 13.2. The van der Waals surface area contributed by atoms with E-state index in [2.05, 4.69) is 17.6 Å². The number of nitro benzene ring substituents is 1. The summed E-state index contributed by atoms with van der Waals surface area (Å²) in [5.41, 5.74) is 0.0245. The van der Waals surface area contributed by atoms with Crippen molar-refractivity contribution in [2.75, 3.05) is 43.1 Å². The van der Waals surface area contributed by atoms with Crippen molar-refractivity contribution in [3.8, 4) is 0 Å². The summed E-state index contributed by atoms with van der Waals surface area (Å²) in [6, 6.07) is 3.11. The third-order valence-electron chi connectivity index (χ3n) is 5.97. The Kier molecular flexibility index (Phi) is 7.38. The summed E-state index contributed by atoms with van der Waals surface area (Å²) < 4.78 is 5.44. The van der Waals surface area contributed by atoms with Gasteiger partial charge in [0.05, 0.1) is 35.0 Å². The summed E-state index contributed by atoms with van der Waals surface area (Å²) in [6.07, 6.45) is 3.99. The van der Waals surface area contributed by atoms with E-state index in [0.29, 0.717) is 43.5 Å². The third-order valence-corrected chi connectivity index (χ3v) is 5.97. The Morgan fingerprint density at radius 3 is 2.48 bits per heavy atom. The Morgan fingerprint density at radius 1 is 1.26 bits per heavy atom. The Morgan fingerprint density at radius 2 is 1.90 bits per heavy atom. The lowest BCUT2D eigenvalue weighted by molar-refractivity contribution is -0.384. The average Bonchev–Trinajstić information content (AvgIpc) is 2.73. The smallest absolute Gasteiger partial charge is 0.293 e. The molecule has 3 N–H and O–H groups in total. The second kappa shape index (κ2) is 9.82. The van der Waals surface area contributed by atoms with Gasteiger partial charge in [-0.25, -0.2) is 0 Å². The summed E-state index contributed by atoms with van der Waals surface area (Å²) in [5, 5.41) is 27.9. The second-order valence-electron chi connectivity index (χ2n) is 9.34. The number of nitrogens with zero attached hydrogens (tertiary/aromatic N) is 2. The summed E-state index contributed by atoms with van der Waals surface area (Å²) in [6.45, 7) is 7.88. The summed E-state index contributed by atoms with van der Waals surface area (Å²) in [4.78, 5) is 26.5. The van der Waals surface area contributed by atoms with Gasteiger partial charge < -0.3 is 25.4 Å². The third kappa shape index (κ3) is 6.30. The van der Waals surface area contributed by atoms with E-state index in [1.54, 1.807) is 19.9 Å². The van der Waals surface area contributed by atoms with E-state index in [1.165, 1.54) is 6.07 Å². The fraction of sp³-hybridized carbons (Fsp3) is 0.682. The van der Waals surface area contributed by atoms with Gasteiger partial charge in [-0.05, 0) is 51.5 Å². The molecule has 0 spiro atoms. The van der Waals surface area contributed by atoms with Crippen LogP contribution in [0.15, 0.2) is 12.1 Å². The van der Waals surface area contributed by atoms with E-state index in [1.807, 2.05) is 4.90 Å². The minimum atomic E-state index is -1.04. The molecule has 1 saturated carbocycles. The van der Waals surface area contributed by atoms with E-state index >= 15 is 0 Å². The Bertz CT molecular complexity index is 794. The van der Waals surface area contributed by atoms with Gasteiger partial charge in [-0.2, -0.15) is 0 Å². The lowest BCUT2D eigenvalue weighted by atomic mass is 9.87. The molecule has 1 aromatic carbocycles. The van der Waals surface area contributed by atoms with Gasteiger partial charge in [-0.3, -0.25) is 14.9 Å². The number of hydrogen-bond donors (Lipinski definition) is 3. The molecule has 0 unspecified atom stereocenters. The largest absolute Gasteiger partial charge is 0.389 e. The highest BCUT2D eigenvalue weighted by molar-refractivity contribution is 6.02. The van der Waals surface area contributed by atoms with Crippen LogP contribution >= 0.6 is 0 Å². The standard InChI is InChI=1S/C22H34N4O5/c1-15-4-6-16(7-5-15)24-21(27)17-12-20(26(29)30)18(23-14-22(2,3)28)13-19(17)25-8-10-31-11-9-25/h12-13,15-16,23,28H,4-11,14H2,1-3H3,(H,24,27). The number of nitro groups is 1. The zero-order valence-corrected chi connectivity index (χ0v) is 18.6. The first-order chi connectivity index (χ1) is 14.6. The van der Waals surface area contributed by atoms with Gasteiger partial charge in [-0.1, -0.05) is 6.92 Å². The van der Waals surface area contributed by atoms with E-state index < -0.39 is 10.5 Å². The van der Waals surface area contributed by atoms with Crippen LogP contribution in [-0.4, -0.2) is 60.4 Å². The average molecular weight is 435 g/mol. The number of carbonyl (C=O) groups is 1.